The van der Waals surface area contributed by atoms with Crippen LogP contribution in [-0.2, 0) is 29.0 Å². The normalized spacial score (nSPS) is 12.1. The Kier molecular flexibility index (Phi) is 7.99. The molecule has 0 heterocycles. The molecule has 0 aromatic heterocycles. The van der Waals surface area contributed by atoms with Crippen molar-refractivity contribution in [1.82, 2.24) is 10.2 Å². The molecule has 3 aromatic carbocycles. The van der Waals surface area contributed by atoms with Crippen molar-refractivity contribution >= 4 is 11.8 Å². The van der Waals surface area contributed by atoms with E-state index in [9.17, 15) is 14.0 Å². The van der Waals surface area contributed by atoms with Crippen LogP contribution in [0.1, 0.15) is 37.5 Å². The van der Waals surface area contributed by atoms with E-state index in [4.69, 9.17) is 0 Å². The van der Waals surface area contributed by atoms with Gasteiger partial charge in [-0.1, -0.05) is 72.8 Å². The molecular formula is C28H31FN2O2. The predicted octanol–water partition coefficient (Wildman–Crippen LogP) is 4.92. The Morgan fingerprint density at radius 2 is 1.36 bits per heavy atom. The summed E-state index contributed by atoms with van der Waals surface area (Å²) in [7, 11) is 0. The van der Waals surface area contributed by atoms with E-state index in [1.807, 2.05) is 81.4 Å². The Morgan fingerprint density at radius 1 is 0.818 bits per heavy atom. The first-order chi connectivity index (χ1) is 15.7. The average molecular weight is 447 g/mol. The molecule has 0 saturated heterocycles. The van der Waals surface area contributed by atoms with Crippen molar-refractivity contribution in [2.45, 2.75) is 51.7 Å². The molecule has 0 aliphatic carbocycles. The highest BCUT2D eigenvalue weighted by Gasteiger charge is 2.32. The lowest BCUT2D eigenvalue weighted by Crippen LogP contribution is -2.54. The molecule has 0 aliphatic heterocycles. The summed E-state index contributed by atoms with van der Waals surface area (Å²) >= 11 is 0. The quantitative estimate of drug-likeness (QED) is 0.534. The summed E-state index contributed by atoms with van der Waals surface area (Å²) in [6, 6.07) is 24.5. The van der Waals surface area contributed by atoms with Gasteiger partial charge in [0.05, 0.1) is 6.42 Å². The molecule has 0 spiro atoms. The molecule has 33 heavy (non-hydrogen) atoms. The summed E-state index contributed by atoms with van der Waals surface area (Å²) in [5.74, 6) is -0.732. The number of nitrogens with zero attached hydrogens (tertiary/aromatic N) is 1. The molecule has 4 nitrogen and oxygen atoms in total. The number of halogens is 1. The maximum Gasteiger partial charge on any atom is 0.243 e. The molecule has 1 N–H and O–H groups in total. The van der Waals surface area contributed by atoms with E-state index in [1.54, 1.807) is 17.0 Å². The monoisotopic (exact) mass is 446 g/mol. The largest absolute Gasteiger partial charge is 0.350 e. The molecule has 172 valence electrons. The van der Waals surface area contributed by atoms with Crippen molar-refractivity contribution in [2.75, 3.05) is 0 Å². The van der Waals surface area contributed by atoms with Gasteiger partial charge in [-0.05, 0) is 49.6 Å². The van der Waals surface area contributed by atoms with Crippen molar-refractivity contribution in [2.24, 2.45) is 0 Å². The van der Waals surface area contributed by atoms with Crippen molar-refractivity contribution in [3.63, 3.8) is 0 Å². The Labute approximate surface area is 195 Å². The van der Waals surface area contributed by atoms with Crippen LogP contribution in [0.15, 0.2) is 84.9 Å². The van der Waals surface area contributed by atoms with Crippen molar-refractivity contribution in [3.8, 4) is 0 Å². The first-order valence-corrected chi connectivity index (χ1v) is 11.1. The molecule has 3 aromatic rings. The number of hydrogen-bond donors (Lipinski definition) is 1. The fraction of sp³-hybridized carbons (Fsp3) is 0.286. The lowest BCUT2D eigenvalue weighted by atomic mass is 10.00. The maximum absolute atomic E-state index is 13.6. The third-order valence-corrected chi connectivity index (χ3v) is 5.23. The van der Waals surface area contributed by atoms with E-state index in [-0.39, 0.29) is 24.1 Å². The fourth-order valence-electron chi connectivity index (χ4n) is 3.67. The molecule has 1 atom stereocenters. The van der Waals surface area contributed by atoms with E-state index in [2.05, 4.69) is 5.32 Å². The number of hydrogen-bond acceptors (Lipinski definition) is 2. The summed E-state index contributed by atoms with van der Waals surface area (Å²) in [5.41, 5.74) is 2.17. The van der Waals surface area contributed by atoms with Crippen LogP contribution in [0.25, 0.3) is 0 Å². The smallest absolute Gasteiger partial charge is 0.243 e. The van der Waals surface area contributed by atoms with Gasteiger partial charge in [0.25, 0.3) is 0 Å². The molecule has 0 aliphatic rings. The minimum atomic E-state index is -0.695. The molecular weight excluding hydrogens is 415 g/mol. The Bertz CT molecular complexity index is 1040. The second kappa shape index (κ2) is 10.9. The Balaban J connectivity index is 1.96. The van der Waals surface area contributed by atoms with Crippen LogP contribution in [0, 0.1) is 5.82 Å². The van der Waals surface area contributed by atoms with Gasteiger partial charge in [0.15, 0.2) is 0 Å². The van der Waals surface area contributed by atoms with Crippen molar-refractivity contribution in [1.29, 1.82) is 0 Å². The summed E-state index contributed by atoms with van der Waals surface area (Å²) < 4.78 is 13.4. The number of carbonyl (C=O) groups excluding carboxylic acids is 2. The van der Waals surface area contributed by atoms with Crippen LogP contribution < -0.4 is 5.32 Å². The summed E-state index contributed by atoms with van der Waals surface area (Å²) in [6.45, 7) is 6.07. The number of nitrogens with one attached hydrogen (secondary N) is 1. The number of carbonyl (C=O) groups is 2. The van der Waals surface area contributed by atoms with Crippen molar-refractivity contribution < 1.29 is 14.0 Å². The summed E-state index contributed by atoms with van der Waals surface area (Å²) in [4.78, 5) is 28.6. The highest BCUT2D eigenvalue weighted by atomic mass is 19.1. The van der Waals surface area contributed by atoms with Gasteiger partial charge in [-0.2, -0.15) is 0 Å². The van der Waals surface area contributed by atoms with E-state index in [0.29, 0.717) is 18.5 Å². The van der Waals surface area contributed by atoms with Gasteiger partial charge < -0.3 is 10.2 Å². The first kappa shape index (κ1) is 24.2. The zero-order valence-electron chi connectivity index (χ0n) is 19.4. The molecule has 0 fully saturated rings. The first-order valence-electron chi connectivity index (χ1n) is 11.1. The summed E-state index contributed by atoms with van der Waals surface area (Å²) in [5, 5.41) is 3.05. The second-order valence-electron chi connectivity index (χ2n) is 9.26. The highest BCUT2D eigenvalue weighted by molar-refractivity contribution is 5.89. The van der Waals surface area contributed by atoms with Gasteiger partial charge in [0, 0.05) is 18.5 Å². The third-order valence-electron chi connectivity index (χ3n) is 5.23. The fourth-order valence-corrected chi connectivity index (χ4v) is 3.67. The zero-order chi connectivity index (χ0) is 23.8. The maximum atomic E-state index is 13.6. The highest BCUT2D eigenvalue weighted by Crippen LogP contribution is 2.18. The predicted molar refractivity (Wildman–Crippen MR) is 129 cm³/mol. The van der Waals surface area contributed by atoms with Gasteiger partial charge in [0.2, 0.25) is 11.8 Å². The lowest BCUT2D eigenvalue weighted by molar-refractivity contribution is -0.141. The standard InChI is InChI=1S/C28H31FN2O2/c1-28(2,3)30-27(33)25(18-21-10-6-4-7-11-21)31(20-23-12-8-5-9-13-23)26(32)19-22-14-16-24(29)17-15-22/h4-17,25H,18-20H2,1-3H3,(H,30,33). The summed E-state index contributed by atoms with van der Waals surface area (Å²) in [6.07, 6.45) is 0.478. The van der Waals surface area contributed by atoms with E-state index < -0.39 is 11.6 Å². The van der Waals surface area contributed by atoms with Crippen LogP contribution in [0.4, 0.5) is 4.39 Å². The van der Waals surface area contributed by atoms with Crippen LogP contribution in [-0.4, -0.2) is 28.3 Å². The van der Waals surface area contributed by atoms with E-state index >= 15 is 0 Å². The zero-order valence-corrected chi connectivity index (χ0v) is 19.4. The number of benzene rings is 3. The van der Waals surface area contributed by atoms with E-state index in [1.165, 1.54) is 12.1 Å². The van der Waals surface area contributed by atoms with Gasteiger partial charge in [0.1, 0.15) is 11.9 Å². The number of amides is 2. The Hall–Kier alpha value is -3.47. The Morgan fingerprint density at radius 3 is 1.91 bits per heavy atom. The molecule has 1 unspecified atom stereocenters. The van der Waals surface area contributed by atoms with Crippen LogP contribution in [0.3, 0.4) is 0 Å². The van der Waals surface area contributed by atoms with Crippen LogP contribution >= 0.6 is 0 Å². The van der Waals surface area contributed by atoms with Gasteiger partial charge in [-0.15, -0.1) is 0 Å². The molecule has 5 heteroatoms. The SMILES string of the molecule is CC(C)(C)NC(=O)C(Cc1ccccc1)N(Cc1ccccc1)C(=O)Cc1ccc(F)cc1. The van der Waals surface area contributed by atoms with Crippen LogP contribution in [0.5, 0.6) is 0 Å². The van der Waals surface area contributed by atoms with Gasteiger partial charge in [-0.3, -0.25) is 9.59 Å². The van der Waals surface area contributed by atoms with Gasteiger partial charge in [-0.25, -0.2) is 4.39 Å². The second-order valence-corrected chi connectivity index (χ2v) is 9.26. The van der Waals surface area contributed by atoms with Crippen LogP contribution in [0.2, 0.25) is 0 Å². The minimum Gasteiger partial charge on any atom is -0.350 e. The molecule has 2 amide bonds. The van der Waals surface area contributed by atoms with Crippen molar-refractivity contribution in [3.05, 3.63) is 107 Å². The van der Waals surface area contributed by atoms with Gasteiger partial charge >= 0.3 is 0 Å². The average Bonchev–Trinajstić information content (AvgIpc) is 2.78. The topological polar surface area (TPSA) is 49.4 Å². The molecule has 0 radical (unpaired) electrons. The van der Waals surface area contributed by atoms with E-state index in [0.717, 1.165) is 11.1 Å². The minimum absolute atomic E-state index is 0.0845. The lowest BCUT2D eigenvalue weighted by Gasteiger charge is -2.34. The molecule has 3 rings (SSSR count). The third kappa shape index (κ3) is 7.56. The molecule has 0 bridgehead atoms. The molecule has 0 saturated carbocycles. The number of rotatable bonds is 8.